The minimum atomic E-state index is -4.38. The average Bonchev–Trinajstić information content (AvgIpc) is 2.60. The average molecular weight is 516 g/mol. The Labute approximate surface area is 180 Å². The van der Waals surface area contributed by atoms with Crippen molar-refractivity contribution in [3.63, 3.8) is 0 Å². The molecule has 0 aromatic heterocycles. The zero-order valence-electron chi connectivity index (χ0n) is 16.3. The number of alkyl halides is 3. The van der Waals surface area contributed by atoms with Gasteiger partial charge in [-0.05, 0) is 25.6 Å². The fourth-order valence-corrected chi connectivity index (χ4v) is 2.70. The lowest BCUT2D eigenvalue weighted by atomic mass is 10.1. The van der Waals surface area contributed by atoms with Crippen LogP contribution in [0.5, 0.6) is 5.75 Å². The van der Waals surface area contributed by atoms with Crippen molar-refractivity contribution >= 4 is 29.9 Å². The molecule has 1 aromatic carbocycles. The lowest BCUT2D eigenvalue weighted by Gasteiger charge is -2.30. The smallest absolute Gasteiger partial charge is 0.422 e. The second kappa shape index (κ2) is 11.7. The standard InChI is InChI=1S/C18H27F3N4O2.HI/c1-13-4-5-14(16(8-13)27-12-18(19,20)21)9-23-17(22-2)24-10-15-11-25(3)6-7-26-15;/h4-5,8,15H,6-7,9-12H2,1-3H3,(H2,22,23,24);1H. The summed E-state index contributed by atoms with van der Waals surface area (Å²) in [5.74, 6) is 0.765. The fourth-order valence-electron chi connectivity index (χ4n) is 2.70. The van der Waals surface area contributed by atoms with Gasteiger partial charge in [0.25, 0.3) is 0 Å². The van der Waals surface area contributed by atoms with E-state index in [0.717, 1.165) is 18.7 Å². The molecule has 0 spiro atoms. The predicted molar refractivity (Wildman–Crippen MR) is 114 cm³/mol. The third kappa shape index (κ3) is 8.82. The molecule has 1 saturated heterocycles. The quantitative estimate of drug-likeness (QED) is 0.346. The molecule has 2 rings (SSSR count). The maximum Gasteiger partial charge on any atom is 0.422 e. The minimum Gasteiger partial charge on any atom is -0.484 e. The SMILES string of the molecule is CN=C(NCc1ccc(C)cc1OCC(F)(F)F)NCC1CN(C)CCO1.I. The van der Waals surface area contributed by atoms with Crippen LogP contribution < -0.4 is 15.4 Å². The highest BCUT2D eigenvalue weighted by atomic mass is 127. The van der Waals surface area contributed by atoms with E-state index >= 15 is 0 Å². The number of benzene rings is 1. The summed E-state index contributed by atoms with van der Waals surface area (Å²) in [6.07, 6.45) is -4.31. The van der Waals surface area contributed by atoms with E-state index in [9.17, 15) is 13.2 Å². The monoisotopic (exact) mass is 516 g/mol. The summed E-state index contributed by atoms with van der Waals surface area (Å²) in [4.78, 5) is 6.34. The first-order valence-corrected chi connectivity index (χ1v) is 8.80. The summed E-state index contributed by atoms with van der Waals surface area (Å²) in [6, 6.07) is 5.19. The molecule has 0 radical (unpaired) electrons. The van der Waals surface area contributed by atoms with Crippen molar-refractivity contribution in [1.82, 2.24) is 15.5 Å². The van der Waals surface area contributed by atoms with Crippen LogP contribution in [0, 0.1) is 6.92 Å². The molecule has 0 saturated carbocycles. The molecule has 10 heteroatoms. The molecular formula is C18H28F3IN4O2. The summed E-state index contributed by atoms with van der Waals surface area (Å²) in [5.41, 5.74) is 1.46. The van der Waals surface area contributed by atoms with Gasteiger partial charge in [-0.25, -0.2) is 0 Å². The van der Waals surface area contributed by atoms with E-state index in [-0.39, 0.29) is 35.8 Å². The van der Waals surface area contributed by atoms with E-state index < -0.39 is 12.8 Å². The van der Waals surface area contributed by atoms with Crippen LogP contribution in [-0.2, 0) is 11.3 Å². The molecule has 1 unspecified atom stereocenters. The predicted octanol–water partition coefficient (Wildman–Crippen LogP) is 2.55. The third-order valence-corrected chi connectivity index (χ3v) is 4.12. The molecule has 0 aliphatic carbocycles. The lowest BCUT2D eigenvalue weighted by Crippen LogP contribution is -2.48. The van der Waals surface area contributed by atoms with Gasteiger partial charge in [-0.3, -0.25) is 4.99 Å². The van der Waals surface area contributed by atoms with E-state index in [0.29, 0.717) is 31.2 Å². The van der Waals surface area contributed by atoms with E-state index in [1.165, 1.54) is 0 Å². The number of morpholine rings is 1. The molecular weight excluding hydrogens is 488 g/mol. The van der Waals surface area contributed by atoms with Gasteiger partial charge in [0.05, 0.1) is 12.7 Å². The minimum absolute atomic E-state index is 0. The Bertz CT molecular complexity index is 644. The van der Waals surface area contributed by atoms with Gasteiger partial charge in [0, 0.05) is 38.8 Å². The van der Waals surface area contributed by atoms with Crippen molar-refractivity contribution < 1.29 is 22.6 Å². The van der Waals surface area contributed by atoms with Gasteiger partial charge < -0.3 is 25.0 Å². The molecule has 6 nitrogen and oxygen atoms in total. The van der Waals surface area contributed by atoms with Crippen LogP contribution in [0.4, 0.5) is 13.2 Å². The van der Waals surface area contributed by atoms with Crippen molar-refractivity contribution in [2.75, 3.05) is 46.9 Å². The number of rotatable bonds is 6. The first kappa shape index (κ1) is 24.8. The number of nitrogens with one attached hydrogen (secondary N) is 2. The van der Waals surface area contributed by atoms with Crippen LogP contribution in [0.1, 0.15) is 11.1 Å². The maximum atomic E-state index is 12.5. The molecule has 0 amide bonds. The normalized spacial score (nSPS) is 18.4. The van der Waals surface area contributed by atoms with Crippen molar-refractivity contribution in [2.24, 2.45) is 4.99 Å². The van der Waals surface area contributed by atoms with Crippen LogP contribution in [0.3, 0.4) is 0 Å². The van der Waals surface area contributed by atoms with Gasteiger partial charge in [-0.1, -0.05) is 12.1 Å². The van der Waals surface area contributed by atoms with E-state index in [2.05, 4.69) is 20.5 Å². The number of aryl methyl sites for hydroxylation is 1. The van der Waals surface area contributed by atoms with E-state index in [1.54, 1.807) is 26.1 Å². The van der Waals surface area contributed by atoms with Gasteiger partial charge in [0.15, 0.2) is 12.6 Å². The molecule has 1 atom stereocenters. The van der Waals surface area contributed by atoms with Gasteiger partial charge in [-0.15, -0.1) is 24.0 Å². The van der Waals surface area contributed by atoms with Crippen molar-refractivity contribution in [2.45, 2.75) is 25.7 Å². The number of hydrogen-bond donors (Lipinski definition) is 2. The summed E-state index contributed by atoms with van der Waals surface area (Å²) in [5, 5.41) is 6.29. The van der Waals surface area contributed by atoms with Crippen LogP contribution in [0.15, 0.2) is 23.2 Å². The first-order chi connectivity index (χ1) is 12.8. The van der Waals surface area contributed by atoms with Crippen molar-refractivity contribution in [1.29, 1.82) is 0 Å². The fraction of sp³-hybridized carbons (Fsp3) is 0.611. The maximum absolute atomic E-state index is 12.5. The highest BCUT2D eigenvalue weighted by Crippen LogP contribution is 2.23. The molecule has 2 N–H and O–H groups in total. The molecule has 1 heterocycles. The van der Waals surface area contributed by atoms with E-state index in [1.807, 2.05) is 13.1 Å². The van der Waals surface area contributed by atoms with Gasteiger partial charge in [0.1, 0.15) is 5.75 Å². The zero-order chi connectivity index (χ0) is 19.9. The molecule has 28 heavy (non-hydrogen) atoms. The van der Waals surface area contributed by atoms with Gasteiger partial charge >= 0.3 is 6.18 Å². The number of guanidine groups is 1. The number of hydrogen-bond acceptors (Lipinski definition) is 4. The third-order valence-electron chi connectivity index (χ3n) is 4.12. The second-order valence-electron chi connectivity index (χ2n) is 6.58. The molecule has 1 aliphatic rings. The highest BCUT2D eigenvalue weighted by Gasteiger charge is 2.28. The number of halogens is 4. The summed E-state index contributed by atoms with van der Waals surface area (Å²) >= 11 is 0. The molecule has 1 aliphatic heterocycles. The van der Waals surface area contributed by atoms with Gasteiger partial charge in [0.2, 0.25) is 0 Å². The Morgan fingerprint density at radius 2 is 2.11 bits per heavy atom. The summed E-state index contributed by atoms with van der Waals surface area (Å²) in [7, 11) is 3.68. The number of nitrogens with zero attached hydrogens (tertiary/aromatic N) is 2. The van der Waals surface area contributed by atoms with Gasteiger partial charge in [-0.2, -0.15) is 13.2 Å². The lowest BCUT2D eigenvalue weighted by molar-refractivity contribution is -0.153. The van der Waals surface area contributed by atoms with Crippen molar-refractivity contribution in [3.8, 4) is 5.75 Å². The Balaban J connectivity index is 0.00000392. The Morgan fingerprint density at radius 3 is 2.75 bits per heavy atom. The Kier molecular flexibility index (Phi) is 10.3. The zero-order valence-corrected chi connectivity index (χ0v) is 18.6. The van der Waals surface area contributed by atoms with Crippen LogP contribution in [0.2, 0.25) is 0 Å². The molecule has 0 bridgehead atoms. The highest BCUT2D eigenvalue weighted by molar-refractivity contribution is 14.0. The topological polar surface area (TPSA) is 58.1 Å². The molecule has 1 fully saturated rings. The summed E-state index contributed by atoms with van der Waals surface area (Å²) < 4.78 is 48.0. The van der Waals surface area contributed by atoms with E-state index in [4.69, 9.17) is 9.47 Å². The second-order valence-corrected chi connectivity index (χ2v) is 6.58. The number of likely N-dealkylation sites (N-methyl/N-ethyl adjacent to an activating group) is 1. The molecule has 160 valence electrons. The Morgan fingerprint density at radius 1 is 1.36 bits per heavy atom. The number of aliphatic imine (C=N–C) groups is 1. The van der Waals surface area contributed by atoms with Crippen LogP contribution in [0.25, 0.3) is 0 Å². The Hall–Kier alpha value is -1.27. The first-order valence-electron chi connectivity index (χ1n) is 8.80. The summed E-state index contributed by atoms with van der Waals surface area (Å²) in [6.45, 7) is 3.81. The van der Waals surface area contributed by atoms with Crippen molar-refractivity contribution in [3.05, 3.63) is 29.3 Å². The molecule has 1 aromatic rings. The largest absolute Gasteiger partial charge is 0.484 e. The van der Waals surface area contributed by atoms with Crippen LogP contribution >= 0.6 is 24.0 Å². The van der Waals surface area contributed by atoms with Crippen LogP contribution in [-0.4, -0.2) is 70.1 Å². The number of ether oxygens (including phenoxy) is 2.